The summed E-state index contributed by atoms with van der Waals surface area (Å²) in [6.07, 6.45) is 1.80. The Bertz CT molecular complexity index is 1080. The highest BCUT2D eigenvalue weighted by molar-refractivity contribution is 8.00. The lowest BCUT2D eigenvalue weighted by Crippen LogP contribution is -2.25. The van der Waals surface area contributed by atoms with Crippen LogP contribution in [-0.2, 0) is 17.3 Å². The van der Waals surface area contributed by atoms with Crippen LogP contribution < -0.4 is 4.90 Å². The van der Waals surface area contributed by atoms with Gasteiger partial charge in [-0.3, -0.25) is 4.79 Å². The van der Waals surface area contributed by atoms with E-state index in [-0.39, 0.29) is 16.4 Å². The van der Waals surface area contributed by atoms with Gasteiger partial charge in [-0.15, -0.1) is 21.5 Å². The summed E-state index contributed by atoms with van der Waals surface area (Å²) in [5.74, 6) is 0.908. The third-order valence-corrected chi connectivity index (χ3v) is 7.50. The van der Waals surface area contributed by atoms with Gasteiger partial charge in [0.15, 0.2) is 16.8 Å². The van der Waals surface area contributed by atoms with Crippen molar-refractivity contribution in [3.8, 4) is 10.7 Å². The average molecular weight is 425 g/mol. The second-order valence-electron chi connectivity index (χ2n) is 7.74. The quantitative estimate of drug-likeness (QED) is 0.430. The SMILES string of the molecule is CC(Sc1nnc(-c2cccs2)n1C)C(=O)/C=C1/N(C)c2ccccc2C1(C)C. The normalized spacial score (nSPS) is 17.6. The highest BCUT2D eigenvalue weighted by Gasteiger charge is 2.38. The van der Waals surface area contributed by atoms with Crippen molar-refractivity contribution in [1.29, 1.82) is 0 Å². The van der Waals surface area contributed by atoms with Gasteiger partial charge in [0.1, 0.15) is 0 Å². The molecule has 0 amide bonds. The smallest absolute Gasteiger partial charge is 0.191 e. The molecule has 1 atom stereocenters. The van der Waals surface area contributed by atoms with Crippen LogP contribution in [0.3, 0.4) is 0 Å². The first-order valence-corrected chi connectivity index (χ1v) is 11.3. The van der Waals surface area contributed by atoms with Crippen LogP contribution in [0, 0.1) is 0 Å². The fraction of sp³-hybridized carbons (Fsp3) is 0.318. The van der Waals surface area contributed by atoms with Crippen LogP contribution in [0.1, 0.15) is 26.3 Å². The molecule has 2 aromatic heterocycles. The van der Waals surface area contributed by atoms with Gasteiger partial charge in [-0.2, -0.15) is 0 Å². The Morgan fingerprint density at radius 1 is 1.17 bits per heavy atom. The molecule has 29 heavy (non-hydrogen) atoms. The Morgan fingerprint density at radius 3 is 2.62 bits per heavy atom. The molecule has 0 aliphatic carbocycles. The molecule has 0 N–H and O–H groups in total. The van der Waals surface area contributed by atoms with E-state index < -0.39 is 0 Å². The second-order valence-corrected chi connectivity index (χ2v) is 9.99. The molecule has 1 aliphatic rings. The summed E-state index contributed by atoms with van der Waals surface area (Å²) in [5.41, 5.74) is 3.22. The lowest BCUT2D eigenvalue weighted by molar-refractivity contribution is -0.114. The van der Waals surface area contributed by atoms with E-state index in [2.05, 4.69) is 47.1 Å². The minimum atomic E-state index is -0.255. The van der Waals surface area contributed by atoms with Gasteiger partial charge in [-0.05, 0) is 30.0 Å². The van der Waals surface area contributed by atoms with E-state index in [9.17, 15) is 4.79 Å². The molecule has 1 aliphatic heterocycles. The van der Waals surface area contributed by atoms with E-state index in [1.54, 1.807) is 17.4 Å². The summed E-state index contributed by atoms with van der Waals surface area (Å²) < 4.78 is 1.95. The zero-order valence-electron chi connectivity index (χ0n) is 17.2. The largest absolute Gasteiger partial charge is 0.347 e. The number of thioether (sulfide) groups is 1. The number of para-hydroxylation sites is 1. The number of hydrogen-bond acceptors (Lipinski definition) is 6. The number of nitrogens with zero attached hydrogens (tertiary/aromatic N) is 4. The number of aromatic nitrogens is 3. The first-order chi connectivity index (χ1) is 13.8. The van der Waals surface area contributed by atoms with Crippen molar-refractivity contribution < 1.29 is 4.79 Å². The Balaban J connectivity index is 1.55. The van der Waals surface area contributed by atoms with E-state index in [0.29, 0.717) is 0 Å². The van der Waals surface area contributed by atoms with Crippen molar-refractivity contribution in [2.75, 3.05) is 11.9 Å². The van der Waals surface area contributed by atoms with Crippen molar-refractivity contribution in [3.05, 3.63) is 59.1 Å². The summed E-state index contributed by atoms with van der Waals surface area (Å²) >= 11 is 3.08. The van der Waals surface area contributed by atoms with Gasteiger partial charge < -0.3 is 9.47 Å². The minimum absolute atomic E-state index is 0.0819. The van der Waals surface area contributed by atoms with Gasteiger partial charge >= 0.3 is 0 Å². The lowest BCUT2D eigenvalue weighted by atomic mass is 9.83. The van der Waals surface area contributed by atoms with Crippen LogP contribution in [0.25, 0.3) is 10.7 Å². The number of anilines is 1. The average Bonchev–Trinajstić information content (AvgIpc) is 3.39. The summed E-state index contributed by atoms with van der Waals surface area (Å²) in [7, 11) is 3.97. The summed E-state index contributed by atoms with van der Waals surface area (Å²) in [5, 5.41) is 11.1. The maximum absolute atomic E-state index is 13.1. The van der Waals surface area contributed by atoms with E-state index in [1.165, 1.54) is 17.3 Å². The summed E-state index contributed by atoms with van der Waals surface area (Å²) in [4.78, 5) is 16.3. The Labute approximate surface area is 179 Å². The van der Waals surface area contributed by atoms with Gasteiger partial charge in [0.2, 0.25) is 0 Å². The fourth-order valence-corrected chi connectivity index (χ4v) is 5.34. The first kappa shape index (κ1) is 19.9. The lowest BCUT2D eigenvalue weighted by Gasteiger charge is -2.24. The van der Waals surface area contributed by atoms with E-state index in [4.69, 9.17) is 0 Å². The highest BCUT2D eigenvalue weighted by Crippen LogP contribution is 2.46. The number of likely N-dealkylation sites (N-methyl/N-ethyl adjacent to an activating group) is 1. The van der Waals surface area contributed by atoms with Crippen molar-refractivity contribution in [2.24, 2.45) is 7.05 Å². The zero-order chi connectivity index (χ0) is 20.8. The number of rotatable bonds is 5. The number of fused-ring (bicyclic) bond motifs is 1. The Kier molecular flexibility index (Phi) is 5.12. The number of ketones is 1. The fourth-order valence-electron chi connectivity index (χ4n) is 3.77. The molecule has 0 bridgehead atoms. The van der Waals surface area contributed by atoms with Crippen LogP contribution in [0.4, 0.5) is 5.69 Å². The predicted octanol–water partition coefficient (Wildman–Crippen LogP) is 4.90. The van der Waals surface area contributed by atoms with E-state index >= 15 is 0 Å². The van der Waals surface area contributed by atoms with Crippen molar-refractivity contribution in [3.63, 3.8) is 0 Å². The molecule has 0 spiro atoms. The molecule has 1 unspecified atom stereocenters. The summed E-state index contributed by atoms with van der Waals surface area (Å²) in [6, 6.07) is 12.4. The molecule has 0 fully saturated rings. The van der Waals surface area contributed by atoms with Crippen molar-refractivity contribution in [2.45, 2.75) is 36.6 Å². The summed E-state index contributed by atoms with van der Waals surface area (Å²) in [6.45, 7) is 6.27. The first-order valence-electron chi connectivity index (χ1n) is 9.50. The third kappa shape index (κ3) is 3.42. The van der Waals surface area contributed by atoms with Crippen LogP contribution in [0.15, 0.2) is 58.7 Å². The maximum Gasteiger partial charge on any atom is 0.191 e. The molecule has 150 valence electrons. The van der Waals surface area contributed by atoms with Crippen LogP contribution in [0.2, 0.25) is 0 Å². The molecule has 7 heteroatoms. The Hall–Kier alpha value is -2.38. The standard InChI is InChI=1S/C22H24N4OS2/c1-14(29-21-24-23-20(26(21)5)18-11-8-12-28-18)17(27)13-19-22(2,3)15-9-6-7-10-16(15)25(19)4/h6-14H,1-5H3/b19-13+. The molecular weight excluding hydrogens is 400 g/mol. The molecule has 4 rings (SSSR count). The number of hydrogen-bond donors (Lipinski definition) is 0. The number of allylic oxidation sites excluding steroid dienone is 2. The number of thiophene rings is 1. The van der Waals surface area contributed by atoms with Gasteiger partial charge in [-0.25, -0.2) is 0 Å². The highest BCUT2D eigenvalue weighted by atomic mass is 32.2. The number of carbonyl (C=O) groups excluding carboxylic acids is 1. The molecule has 0 saturated heterocycles. The molecular formula is C22H24N4OS2. The van der Waals surface area contributed by atoms with Crippen molar-refractivity contribution in [1.82, 2.24) is 14.8 Å². The number of benzene rings is 1. The Morgan fingerprint density at radius 2 is 1.93 bits per heavy atom. The maximum atomic E-state index is 13.1. The molecule has 3 aromatic rings. The third-order valence-electron chi connectivity index (χ3n) is 5.48. The van der Waals surface area contributed by atoms with Gasteiger partial charge in [0, 0.05) is 37.0 Å². The van der Waals surface area contributed by atoms with Crippen LogP contribution >= 0.6 is 23.1 Å². The molecule has 1 aromatic carbocycles. The van der Waals surface area contributed by atoms with Crippen LogP contribution in [-0.4, -0.2) is 32.8 Å². The van der Waals surface area contributed by atoms with Crippen LogP contribution in [0.5, 0.6) is 0 Å². The molecule has 3 heterocycles. The van der Waals surface area contributed by atoms with Gasteiger partial charge in [0.05, 0.1) is 10.1 Å². The minimum Gasteiger partial charge on any atom is -0.347 e. The predicted molar refractivity (Wildman–Crippen MR) is 121 cm³/mol. The molecule has 0 radical (unpaired) electrons. The van der Waals surface area contributed by atoms with Gasteiger partial charge in [-0.1, -0.05) is 49.9 Å². The molecule has 0 saturated carbocycles. The second kappa shape index (κ2) is 7.46. The van der Waals surface area contributed by atoms with Crippen molar-refractivity contribution >= 4 is 34.6 Å². The monoisotopic (exact) mass is 424 g/mol. The van der Waals surface area contributed by atoms with Gasteiger partial charge in [0.25, 0.3) is 0 Å². The molecule has 5 nitrogen and oxygen atoms in total. The zero-order valence-corrected chi connectivity index (χ0v) is 18.8. The number of carbonyl (C=O) groups is 1. The van der Waals surface area contributed by atoms with E-state index in [1.807, 2.05) is 49.2 Å². The van der Waals surface area contributed by atoms with E-state index in [0.717, 1.165) is 27.2 Å². The topological polar surface area (TPSA) is 51.0 Å².